The Morgan fingerprint density at radius 3 is 2.90 bits per heavy atom. The maximum Gasteiger partial charge on any atom is 0.165 e. The Hall–Kier alpha value is -1.95. The van der Waals surface area contributed by atoms with E-state index in [2.05, 4.69) is 18.9 Å². The van der Waals surface area contributed by atoms with E-state index in [1.807, 2.05) is 29.1 Å². The van der Waals surface area contributed by atoms with E-state index in [0.29, 0.717) is 17.1 Å². The van der Waals surface area contributed by atoms with Crippen molar-refractivity contribution in [2.45, 2.75) is 31.7 Å². The van der Waals surface area contributed by atoms with Crippen LogP contribution in [0.1, 0.15) is 25.8 Å². The van der Waals surface area contributed by atoms with Gasteiger partial charge in [-0.1, -0.05) is 19.9 Å². The van der Waals surface area contributed by atoms with Crippen molar-refractivity contribution in [3.63, 3.8) is 0 Å². The highest BCUT2D eigenvalue weighted by molar-refractivity contribution is 7.99. The predicted octanol–water partition coefficient (Wildman–Crippen LogP) is 3.48. The molecule has 0 bridgehead atoms. The Morgan fingerprint density at radius 1 is 1.43 bits per heavy atom. The lowest BCUT2D eigenvalue weighted by Gasteiger charge is -2.12. The molecule has 1 aromatic carbocycles. The monoisotopic (exact) mass is 304 g/mol. The molecule has 0 saturated carbocycles. The summed E-state index contributed by atoms with van der Waals surface area (Å²) in [6, 6.07) is 5.70. The van der Waals surface area contributed by atoms with Crippen molar-refractivity contribution >= 4 is 17.6 Å². The number of hydrogen-bond donors (Lipinski definition) is 2. The third kappa shape index (κ3) is 3.78. The van der Waals surface area contributed by atoms with E-state index in [0.717, 1.165) is 23.6 Å². The van der Waals surface area contributed by atoms with Gasteiger partial charge in [0, 0.05) is 11.4 Å². The lowest BCUT2D eigenvalue weighted by atomic mass is 10.2. The average molecular weight is 304 g/mol. The van der Waals surface area contributed by atoms with Crippen LogP contribution in [-0.2, 0) is 6.54 Å². The molecule has 0 radical (unpaired) electrons. The number of rotatable bonds is 7. The van der Waals surface area contributed by atoms with Crippen molar-refractivity contribution in [1.29, 1.82) is 5.41 Å². The third-order valence-corrected chi connectivity index (χ3v) is 3.79. The molecule has 0 aliphatic carbocycles. The summed E-state index contributed by atoms with van der Waals surface area (Å²) < 4.78 is 7.71. The number of benzene rings is 1. The van der Waals surface area contributed by atoms with Crippen molar-refractivity contribution < 1.29 is 4.74 Å². The number of ether oxygens (including phenoxy) is 1. The number of nitrogens with two attached hydrogens (primary N) is 1. The van der Waals surface area contributed by atoms with E-state index in [1.165, 1.54) is 0 Å². The van der Waals surface area contributed by atoms with Gasteiger partial charge in [0.25, 0.3) is 0 Å². The molecule has 112 valence electrons. The fourth-order valence-corrected chi connectivity index (χ4v) is 2.85. The Bertz CT molecular complexity index is 624. The van der Waals surface area contributed by atoms with Gasteiger partial charge in [-0.25, -0.2) is 0 Å². The molecule has 5 nitrogen and oxygen atoms in total. The number of amidine groups is 1. The quantitative estimate of drug-likeness (QED) is 0.466. The first kappa shape index (κ1) is 15.4. The van der Waals surface area contributed by atoms with Gasteiger partial charge in [0.2, 0.25) is 0 Å². The van der Waals surface area contributed by atoms with Gasteiger partial charge in [-0.3, -0.25) is 10.1 Å². The average Bonchev–Trinajstić information content (AvgIpc) is 2.87. The van der Waals surface area contributed by atoms with Crippen LogP contribution in [0.15, 0.2) is 35.5 Å². The van der Waals surface area contributed by atoms with E-state index in [-0.39, 0.29) is 5.84 Å². The molecule has 6 heteroatoms. The maximum atomic E-state index is 7.80. The summed E-state index contributed by atoms with van der Waals surface area (Å²) >= 11 is 1.65. The molecule has 0 amide bonds. The number of thioether (sulfide) groups is 1. The first-order valence-corrected chi connectivity index (χ1v) is 7.94. The topological polar surface area (TPSA) is 76.9 Å². The number of nitrogen functional groups attached to an aromatic ring is 1. The Morgan fingerprint density at radius 2 is 2.24 bits per heavy atom. The van der Waals surface area contributed by atoms with Gasteiger partial charge in [0.05, 0.1) is 18.0 Å². The van der Waals surface area contributed by atoms with Crippen LogP contribution in [-0.4, -0.2) is 21.4 Å². The highest BCUT2D eigenvalue weighted by atomic mass is 32.2. The first-order chi connectivity index (χ1) is 10.2. The lowest BCUT2D eigenvalue weighted by Crippen LogP contribution is -2.13. The SMILES string of the molecule is CCCn1cc(Oc2cccc(SCC)c2C(=N)N)cn1. The zero-order chi connectivity index (χ0) is 15.2. The van der Waals surface area contributed by atoms with Crippen LogP contribution >= 0.6 is 11.8 Å². The second-order valence-electron chi connectivity index (χ2n) is 4.52. The number of aromatic nitrogens is 2. The highest BCUT2D eigenvalue weighted by Crippen LogP contribution is 2.32. The molecule has 1 aromatic heterocycles. The molecular formula is C15H20N4OS. The molecule has 3 N–H and O–H groups in total. The van der Waals surface area contributed by atoms with Crippen molar-refractivity contribution in [2.75, 3.05) is 5.75 Å². The molecule has 1 heterocycles. The second kappa shape index (κ2) is 7.17. The summed E-state index contributed by atoms with van der Waals surface area (Å²) in [5.74, 6) is 2.18. The van der Waals surface area contributed by atoms with Crippen molar-refractivity contribution in [3.8, 4) is 11.5 Å². The standard InChI is InChI=1S/C15H20N4OS/c1-3-8-19-10-11(9-18-19)20-12-6-5-7-13(21-4-2)14(12)15(16)17/h5-7,9-10H,3-4,8H2,1-2H3,(H3,16,17). The van der Waals surface area contributed by atoms with Crippen molar-refractivity contribution in [3.05, 3.63) is 36.2 Å². The summed E-state index contributed by atoms with van der Waals surface area (Å²) in [6.07, 6.45) is 4.55. The van der Waals surface area contributed by atoms with Crippen molar-refractivity contribution in [2.24, 2.45) is 5.73 Å². The molecule has 2 rings (SSSR count). The van der Waals surface area contributed by atoms with Crippen LogP contribution in [0.3, 0.4) is 0 Å². The summed E-state index contributed by atoms with van der Waals surface area (Å²) in [6.45, 7) is 5.02. The van der Waals surface area contributed by atoms with E-state index >= 15 is 0 Å². The van der Waals surface area contributed by atoms with E-state index in [1.54, 1.807) is 18.0 Å². The van der Waals surface area contributed by atoms with Crippen LogP contribution in [0.25, 0.3) is 0 Å². The Labute approximate surface area is 129 Å². The molecule has 0 atom stereocenters. The zero-order valence-corrected chi connectivity index (χ0v) is 13.1. The van der Waals surface area contributed by atoms with Crippen LogP contribution in [0.5, 0.6) is 11.5 Å². The Balaban J connectivity index is 2.29. The lowest BCUT2D eigenvalue weighted by molar-refractivity contribution is 0.478. The first-order valence-electron chi connectivity index (χ1n) is 6.96. The van der Waals surface area contributed by atoms with E-state index in [4.69, 9.17) is 15.9 Å². The van der Waals surface area contributed by atoms with Gasteiger partial charge < -0.3 is 10.5 Å². The molecule has 2 aromatic rings. The van der Waals surface area contributed by atoms with Crippen LogP contribution in [0.4, 0.5) is 0 Å². The van der Waals surface area contributed by atoms with E-state index < -0.39 is 0 Å². The molecule has 0 spiro atoms. The number of hydrogen-bond acceptors (Lipinski definition) is 4. The molecule has 0 unspecified atom stereocenters. The number of aryl methyl sites for hydroxylation is 1. The Kier molecular flexibility index (Phi) is 5.27. The normalized spacial score (nSPS) is 10.6. The molecule has 0 fully saturated rings. The number of nitrogens with zero attached hydrogens (tertiary/aromatic N) is 2. The van der Waals surface area contributed by atoms with Crippen LogP contribution < -0.4 is 10.5 Å². The second-order valence-corrected chi connectivity index (χ2v) is 5.82. The van der Waals surface area contributed by atoms with Gasteiger partial charge in [-0.15, -0.1) is 11.8 Å². The van der Waals surface area contributed by atoms with Gasteiger partial charge in [0.1, 0.15) is 11.6 Å². The summed E-state index contributed by atoms with van der Waals surface area (Å²) in [4.78, 5) is 0.962. The molecule has 0 aliphatic rings. The third-order valence-electron chi connectivity index (χ3n) is 2.85. The van der Waals surface area contributed by atoms with Gasteiger partial charge in [-0.2, -0.15) is 5.10 Å². The highest BCUT2D eigenvalue weighted by Gasteiger charge is 2.14. The molecule has 21 heavy (non-hydrogen) atoms. The van der Waals surface area contributed by atoms with Crippen LogP contribution in [0.2, 0.25) is 0 Å². The summed E-state index contributed by atoms with van der Waals surface area (Å²) in [7, 11) is 0. The van der Waals surface area contributed by atoms with Gasteiger partial charge >= 0.3 is 0 Å². The fourth-order valence-electron chi connectivity index (χ4n) is 2.01. The van der Waals surface area contributed by atoms with Crippen molar-refractivity contribution in [1.82, 2.24) is 9.78 Å². The predicted molar refractivity (Wildman–Crippen MR) is 86.4 cm³/mol. The largest absolute Gasteiger partial charge is 0.453 e. The molecular weight excluding hydrogens is 284 g/mol. The summed E-state index contributed by atoms with van der Waals surface area (Å²) in [5, 5.41) is 12.0. The van der Waals surface area contributed by atoms with Gasteiger partial charge in [0.15, 0.2) is 5.75 Å². The summed E-state index contributed by atoms with van der Waals surface area (Å²) in [5.41, 5.74) is 6.37. The minimum atomic E-state index is 0.0162. The molecule has 0 aliphatic heterocycles. The van der Waals surface area contributed by atoms with E-state index in [9.17, 15) is 0 Å². The minimum Gasteiger partial charge on any atom is -0.453 e. The van der Waals surface area contributed by atoms with Crippen LogP contribution in [0, 0.1) is 5.41 Å². The zero-order valence-electron chi connectivity index (χ0n) is 12.3. The smallest absolute Gasteiger partial charge is 0.165 e. The molecule has 0 saturated heterocycles. The van der Waals surface area contributed by atoms with Gasteiger partial charge in [-0.05, 0) is 24.3 Å². The maximum absolute atomic E-state index is 7.80. The fraction of sp³-hybridized carbons (Fsp3) is 0.333. The minimum absolute atomic E-state index is 0.0162. The number of nitrogens with one attached hydrogen (secondary N) is 1.